The zero-order valence-electron chi connectivity index (χ0n) is 10.8. The van der Waals surface area contributed by atoms with Gasteiger partial charge in [0.2, 0.25) is 0 Å². The molecular weight excluding hydrogens is 228 g/mol. The highest BCUT2D eigenvalue weighted by Crippen LogP contribution is 2.44. The minimum Gasteiger partial charge on any atom is -0.360 e. The molecule has 2 aliphatic carbocycles. The number of nitrogens with one attached hydrogen (secondary N) is 1. The monoisotopic (exact) mass is 252 g/mol. The first kappa shape index (κ1) is 11.8. The Balaban J connectivity index is 1.50. The Bertz CT molecular complexity index is 297. The molecule has 2 bridgehead atoms. The number of hydrogen-bond donors (Lipinski definition) is 1. The summed E-state index contributed by atoms with van der Waals surface area (Å²) in [5, 5.41) is 4.69. The molecule has 0 unspecified atom stereocenters. The largest absolute Gasteiger partial charge is 0.360 e. The molecule has 0 aromatic heterocycles. The molecule has 0 spiro atoms. The van der Waals surface area contributed by atoms with Crippen LogP contribution < -0.4 is 5.32 Å². The summed E-state index contributed by atoms with van der Waals surface area (Å²) in [5.41, 5.74) is 0. The molecule has 0 amide bonds. The van der Waals surface area contributed by atoms with Gasteiger partial charge in [-0.2, -0.15) is 0 Å². The Morgan fingerprint density at radius 2 is 1.88 bits per heavy atom. The van der Waals surface area contributed by atoms with Crippen LogP contribution in [0.5, 0.6) is 0 Å². The third-order valence-corrected chi connectivity index (χ3v) is 5.49. The van der Waals surface area contributed by atoms with Crippen molar-refractivity contribution < 1.29 is 0 Å². The summed E-state index contributed by atoms with van der Waals surface area (Å²) in [6.45, 7) is 4.67. The third kappa shape index (κ3) is 2.44. The van der Waals surface area contributed by atoms with Crippen molar-refractivity contribution in [3.05, 3.63) is 0 Å². The average molecular weight is 252 g/mol. The topological polar surface area (TPSA) is 15.3 Å². The Hall–Kier alpha value is -0.310. The van der Waals surface area contributed by atoms with Crippen LogP contribution in [0, 0.1) is 17.8 Å². The van der Waals surface area contributed by atoms with Crippen molar-refractivity contribution >= 4 is 17.3 Å². The summed E-state index contributed by atoms with van der Waals surface area (Å²) < 4.78 is 0. The van der Waals surface area contributed by atoms with Crippen LogP contribution in [0.4, 0.5) is 0 Å². The summed E-state index contributed by atoms with van der Waals surface area (Å²) in [6, 6.07) is 0.695. The van der Waals surface area contributed by atoms with Gasteiger partial charge >= 0.3 is 0 Å². The first-order valence-corrected chi connectivity index (χ1v) is 7.68. The lowest BCUT2D eigenvalue weighted by atomic mass is 9.95. The van der Waals surface area contributed by atoms with E-state index in [4.69, 9.17) is 12.2 Å². The van der Waals surface area contributed by atoms with Gasteiger partial charge in [0.05, 0.1) is 0 Å². The lowest BCUT2D eigenvalue weighted by Crippen LogP contribution is -2.48. The molecule has 0 aromatic rings. The van der Waals surface area contributed by atoms with E-state index in [-0.39, 0.29) is 0 Å². The van der Waals surface area contributed by atoms with E-state index in [1.807, 2.05) is 0 Å². The zero-order chi connectivity index (χ0) is 11.8. The van der Waals surface area contributed by atoms with Crippen LogP contribution in [-0.4, -0.2) is 29.1 Å². The van der Waals surface area contributed by atoms with Gasteiger partial charge in [-0.05, 0) is 62.1 Å². The van der Waals surface area contributed by atoms with Crippen LogP contribution in [0.15, 0.2) is 0 Å². The Kier molecular flexibility index (Phi) is 3.29. The van der Waals surface area contributed by atoms with Gasteiger partial charge in [0, 0.05) is 19.1 Å². The summed E-state index contributed by atoms with van der Waals surface area (Å²) in [7, 11) is 0. The van der Waals surface area contributed by atoms with Gasteiger partial charge in [0.15, 0.2) is 5.11 Å². The zero-order valence-corrected chi connectivity index (χ0v) is 11.6. The lowest BCUT2D eigenvalue weighted by molar-refractivity contribution is 0.270. The van der Waals surface area contributed by atoms with Crippen LogP contribution in [-0.2, 0) is 0 Å². The molecule has 3 aliphatic rings. The lowest BCUT2D eigenvalue weighted by Gasteiger charge is -2.35. The smallest absolute Gasteiger partial charge is 0.169 e. The second kappa shape index (κ2) is 4.75. The van der Waals surface area contributed by atoms with Crippen LogP contribution in [0.1, 0.15) is 45.4 Å². The molecule has 17 heavy (non-hydrogen) atoms. The highest BCUT2D eigenvalue weighted by Gasteiger charge is 2.40. The fourth-order valence-corrected chi connectivity index (χ4v) is 4.22. The van der Waals surface area contributed by atoms with E-state index < -0.39 is 0 Å². The van der Waals surface area contributed by atoms with Gasteiger partial charge in [-0.3, -0.25) is 0 Å². The molecule has 1 saturated heterocycles. The second-order valence-electron chi connectivity index (χ2n) is 6.40. The minimum absolute atomic E-state index is 0.695. The Morgan fingerprint density at radius 1 is 1.12 bits per heavy atom. The van der Waals surface area contributed by atoms with E-state index in [1.165, 1.54) is 38.5 Å². The second-order valence-corrected chi connectivity index (χ2v) is 6.79. The predicted molar refractivity (Wildman–Crippen MR) is 74.9 cm³/mol. The summed E-state index contributed by atoms with van der Waals surface area (Å²) >= 11 is 5.58. The van der Waals surface area contributed by atoms with Crippen molar-refractivity contribution in [3.8, 4) is 0 Å². The number of thiocarbonyl (C=S) groups is 1. The molecule has 96 valence electrons. The molecule has 2 saturated carbocycles. The summed E-state index contributed by atoms with van der Waals surface area (Å²) in [4.78, 5) is 2.39. The highest BCUT2D eigenvalue weighted by molar-refractivity contribution is 7.80. The first-order chi connectivity index (χ1) is 8.22. The van der Waals surface area contributed by atoms with E-state index in [9.17, 15) is 0 Å². The minimum atomic E-state index is 0.695. The highest BCUT2D eigenvalue weighted by atomic mass is 32.1. The van der Waals surface area contributed by atoms with Gasteiger partial charge in [0.25, 0.3) is 0 Å². The molecule has 3 atom stereocenters. The van der Waals surface area contributed by atoms with E-state index in [0.717, 1.165) is 36.0 Å². The number of fused-ring (bicyclic) bond motifs is 2. The van der Waals surface area contributed by atoms with Crippen molar-refractivity contribution in [1.82, 2.24) is 10.2 Å². The fraction of sp³-hybridized carbons (Fsp3) is 0.929. The van der Waals surface area contributed by atoms with Crippen molar-refractivity contribution in [1.29, 1.82) is 0 Å². The fourth-order valence-electron chi connectivity index (χ4n) is 3.88. The van der Waals surface area contributed by atoms with Gasteiger partial charge in [-0.25, -0.2) is 0 Å². The molecule has 3 heteroatoms. The molecule has 1 aliphatic heterocycles. The summed E-state index contributed by atoms with van der Waals surface area (Å²) in [6.07, 6.45) is 8.34. The van der Waals surface area contributed by atoms with E-state index in [2.05, 4.69) is 17.1 Å². The molecule has 1 heterocycles. The SMILES string of the molecule is CC1CCN(C(=S)N[C@@H]2C[C@H]3CC[C@@H]2C3)CC1. The Morgan fingerprint density at radius 3 is 2.47 bits per heavy atom. The van der Waals surface area contributed by atoms with Crippen LogP contribution in [0.2, 0.25) is 0 Å². The molecular formula is C14H24N2S. The maximum absolute atomic E-state index is 5.58. The molecule has 2 nitrogen and oxygen atoms in total. The molecule has 3 rings (SSSR count). The molecule has 1 N–H and O–H groups in total. The quantitative estimate of drug-likeness (QED) is 0.723. The van der Waals surface area contributed by atoms with Gasteiger partial charge < -0.3 is 10.2 Å². The van der Waals surface area contributed by atoms with Crippen molar-refractivity contribution in [2.45, 2.75) is 51.5 Å². The maximum Gasteiger partial charge on any atom is 0.169 e. The number of piperidine rings is 1. The van der Waals surface area contributed by atoms with Crippen molar-refractivity contribution in [2.24, 2.45) is 17.8 Å². The van der Waals surface area contributed by atoms with Crippen LogP contribution >= 0.6 is 12.2 Å². The number of hydrogen-bond acceptors (Lipinski definition) is 1. The average Bonchev–Trinajstić information content (AvgIpc) is 2.91. The maximum atomic E-state index is 5.58. The van der Waals surface area contributed by atoms with Crippen molar-refractivity contribution in [3.63, 3.8) is 0 Å². The standard InChI is InChI=1S/C14H24N2S/c1-10-4-6-16(7-5-10)14(17)15-13-9-11-2-3-12(13)8-11/h10-13H,2-9H2,1H3,(H,15,17)/t11-,12+,13+/m0/s1. The number of likely N-dealkylation sites (tertiary alicyclic amines) is 1. The van der Waals surface area contributed by atoms with Gasteiger partial charge in [-0.15, -0.1) is 0 Å². The Labute approximate surface area is 110 Å². The number of nitrogens with zero attached hydrogens (tertiary/aromatic N) is 1. The molecule has 3 fully saturated rings. The van der Waals surface area contributed by atoms with E-state index >= 15 is 0 Å². The van der Waals surface area contributed by atoms with Gasteiger partial charge in [-0.1, -0.05) is 13.3 Å². The predicted octanol–water partition coefficient (Wildman–Crippen LogP) is 2.78. The summed E-state index contributed by atoms with van der Waals surface area (Å²) in [5.74, 6) is 2.81. The van der Waals surface area contributed by atoms with E-state index in [1.54, 1.807) is 0 Å². The van der Waals surface area contributed by atoms with Crippen molar-refractivity contribution in [2.75, 3.05) is 13.1 Å². The molecule has 0 radical (unpaired) electrons. The number of rotatable bonds is 1. The van der Waals surface area contributed by atoms with E-state index in [0.29, 0.717) is 6.04 Å². The molecule has 0 aromatic carbocycles. The van der Waals surface area contributed by atoms with Gasteiger partial charge in [0.1, 0.15) is 0 Å². The third-order valence-electron chi connectivity index (χ3n) is 5.12. The normalized spacial score (nSPS) is 37.5. The van der Waals surface area contributed by atoms with Crippen LogP contribution in [0.25, 0.3) is 0 Å². The first-order valence-electron chi connectivity index (χ1n) is 7.28. The van der Waals surface area contributed by atoms with Crippen LogP contribution in [0.3, 0.4) is 0 Å².